The van der Waals surface area contributed by atoms with E-state index in [0.717, 1.165) is 10.9 Å². The van der Waals surface area contributed by atoms with Crippen molar-refractivity contribution in [1.29, 1.82) is 0 Å². The van der Waals surface area contributed by atoms with Crippen LogP contribution in [0.5, 0.6) is 0 Å². The van der Waals surface area contributed by atoms with Crippen LogP contribution in [0.15, 0.2) is 30.5 Å². The first-order valence-corrected chi connectivity index (χ1v) is 6.56. The lowest BCUT2D eigenvalue weighted by molar-refractivity contribution is -0.384. The van der Waals surface area contributed by atoms with Crippen LogP contribution in [0.4, 0.5) is 5.69 Å². The van der Waals surface area contributed by atoms with Crippen LogP contribution in [-0.2, 0) is 0 Å². The summed E-state index contributed by atoms with van der Waals surface area (Å²) >= 11 is 0. The van der Waals surface area contributed by atoms with Crippen LogP contribution in [-0.4, -0.2) is 30.1 Å². The Morgan fingerprint density at radius 2 is 2.14 bits per heavy atom. The molecule has 3 rings (SSSR count). The maximum absolute atomic E-state index is 10.8. The van der Waals surface area contributed by atoms with Gasteiger partial charge in [0.25, 0.3) is 5.69 Å². The number of benzene rings is 1. The maximum Gasteiger partial charge on any atom is 0.270 e. The fraction of sp³-hybridized carbons (Fsp3) is 0.308. The van der Waals surface area contributed by atoms with Gasteiger partial charge >= 0.3 is 0 Å². The third-order valence-electron chi connectivity index (χ3n) is 3.49. The third kappa shape index (κ3) is 2.24. The Morgan fingerprint density at radius 3 is 2.76 bits per heavy atom. The zero-order chi connectivity index (χ0) is 15.0. The van der Waals surface area contributed by atoms with Gasteiger partial charge in [0.15, 0.2) is 5.82 Å². The molecule has 8 nitrogen and oxygen atoms in total. The molecular formula is C13H14N6O2. The Morgan fingerprint density at radius 1 is 1.33 bits per heavy atom. The largest absolute Gasteiger partial charge is 0.336 e. The van der Waals surface area contributed by atoms with Crippen LogP contribution in [0.2, 0.25) is 0 Å². The highest BCUT2D eigenvalue weighted by Gasteiger charge is 2.23. The van der Waals surface area contributed by atoms with Crippen molar-refractivity contribution < 1.29 is 4.92 Å². The molecule has 0 spiro atoms. The Labute approximate surface area is 119 Å². The zero-order valence-electron chi connectivity index (χ0n) is 11.6. The summed E-state index contributed by atoms with van der Waals surface area (Å²) < 4.78 is 2.03. The number of nitro benzene ring substituents is 1. The van der Waals surface area contributed by atoms with E-state index in [0.29, 0.717) is 5.82 Å². The molecule has 0 aliphatic carbocycles. The molecule has 0 fully saturated rings. The summed E-state index contributed by atoms with van der Waals surface area (Å²) in [6.45, 7) is 4.15. The molecule has 8 heteroatoms. The van der Waals surface area contributed by atoms with Crippen LogP contribution in [0.1, 0.15) is 25.7 Å². The van der Waals surface area contributed by atoms with E-state index in [1.165, 1.54) is 6.07 Å². The van der Waals surface area contributed by atoms with E-state index < -0.39 is 4.92 Å². The first-order valence-electron chi connectivity index (χ1n) is 6.56. The lowest BCUT2D eigenvalue weighted by atomic mass is 10.0. The van der Waals surface area contributed by atoms with Crippen molar-refractivity contribution in [1.82, 2.24) is 25.2 Å². The number of non-ortho nitro benzene ring substituents is 1. The van der Waals surface area contributed by atoms with Crippen molar-refractivity contribution in [3.05, 3.63) is 46.4 Å². The lowest BCUT2D eigenvalue weighted by Gasteiger charge is -2.20. The minimum Gasteiger partial charge on any atom is -0.336 e. The number of aromatic nitrogens is 5. The zero-order valence-corrected chi connectivity index (χ0v) is 11.6. The van der Waals surface area contributed by atoms with Gasteiger partial charge in [0, 0.05) is 29.2 Å². The number of tetrazole rings is 1. The molecule has 0 aliphatic heterocycles. The second kappa shape index (κ2) is 4.97. The highest BCUT2D eigenvalue weighted by molar-refractivity contribution is 5.82. The Hall–Kier alpha value is -2.77. The summed E-state index contributed by atoms with van der Waals surface area (Å²) in [7, 11) is 0. The number of aromatic amines is 1. The smallest absolute Gasteiger partial charge is 0.270 e. The number of fused-ring (bicyclic) bond motifs is 1. The quantitative estimate of drug-likeness (QED) is 0.585. The molecule has 0 amide bonds. The fourth-order valence-electron chi connectivity index (χ4n) is 2.57. The fourth-order valence-corrected chi connectivity index (χ4v) is 2.57. The summed E-state index contributed by atoms with van der Waals surface area (Å²) in [5.41, 5.74) is 0.998. The third-order valence-corrected chi connectivity index (χ3v) is 3.49. The van der Waals surface area contributed by atoms with Gasteiger partial charge in [-0.25, -0.2) is 5.10 Å². The van der Waals surface area contributed by atoms with E-state index in [4.69, 9.17) is 0 Å². The van der Waals surface area contributed by atoms with E-state index in [1.807, 2.05) is 16.8 Å². The maximum atomic E-state index is 10.8. The standard InChI is InChI=1S/C13H14N6O2/c1-8(2)12(13-14-16-17-15-13)18-6-5-9-7-10(19(20)21)3-4-11(9)18/h3-8,12H,1-2H3,(H,14,15,16,17). The number of nitro groups is 1. The molecule has 0 bridgehead atoms. The molecule has 21 heavy (non-hydrogen) atoms. The highest BCUT2D eigenvalue weighted by atomic mass is 16.6. The topological polar surface area (TPSA) is 103 Å². The van der Waals surface area contributed by atoms with Crippen LogP contribution in [0.25, 0.3) is 10.9 Å². The summed E-state index contributed by atoms with van der Waals surface area (Å²) in [5, 5.41) is 25.7. The van der Waals surface area contributed by atoms with Crippen LogP contribution in [0, 0.1) is 16.0 Å². The second-order valence-corrected chi connectivity index (χ2v) is 5.20. The van der Waals surface area contributed by atoms with Crippen molar-refractivity contribution >= 4 is 16.6 Å². The normalized spacial score (nSPS) is 12.9. The minimum absolute atomic E-state index is 0.0565. The van der Waals surface area contributed by atoms with Crippen molar-refractivity contribution in [3.63, 3.8) is 0 Å². The molecule has 1 unspecified atom stereocenters. The van der Waals surface area contributed by atoms with Crippen molar-refractivity contribution in [2.75, 3.05) is 0 Å². The van der Waals surface area contributed by atoms with Crippen LogP contribution in [0.3, 0.4) is 0 Å². The van der Waals surface area contributed by atoms with Gasteiger partial charge in [-0.1, -0.05) is 13.8 Å². The highest BCUT2D eigenvalue weighted by Crippen LogP contribution is 2.30. The summed E-state index contributed by atoms with van der Waals surface area (Å²) in [6, 6.07) is 6.64. The lowest BCUT2D eigenvalue weighted by Crippen LogP contribution is -2.17. The van der Waals surface area contributed by atoms with Gasteiger partial charge < -0.3 is 4.57 Å². The number of nitrogens with zero attached hydrogens (tertiary/aromatic N) is 5. The average Bonchev–Trinajstić information content (AvgIpc) is 3.08. The summed E-state index contributed by atoms with van der Waals surface area (Å²) in [6.07, 6.45) is 1.90. The van der Waals surface area contributed by atoms with Crippen molar-refractivity contribution in [2.45, 2.75) is 19.9 Å². The predicted molar refractivity (Wildman–Crippen MR) is 75.7 cm³/mol. The first-order chi connectivity index (χ1) is 10.1. The van der Waals surface area contributed by atoms with Gasteiger partial charge in [0.1, 0.15) is 0 Å². The SMILES string of the molecule is CC(C)C(c1nnn[nH]1)n1ccc2cc([N+](=O)[O-])ccc21. The molecule has 2 aromatic heterocycles. The number of H-pyrrole nitrogens is 1. The summed E-state index contributed by atoms with van der Waals surface area (Å²) in [5.74, 6) is 0.923. The van der Waals surface area contributed by atoms with E-state index in [1.54, 1.807) is 12.1 Å². The van der Waals surface area contributed by atoms with Gasteiger partial charge in [-0.05, 0) is 28.5 Å². The van der Waals surface area contributed by atoms with Crippen LogP contribution >= 0.6 is 0 Å². The van der Waals surface area contributed by atoms with E-state index in [9.17, 15) is 10.1 Å². The monoisotopic (exact) mass is 286 g/mol. The second-order valence-electron chi connectivity index (χ2n) is 5.20. The Bertz CT molecular complexity index is 777. The van der Waals surface area contributed by atoms with E-state index >= 15 is 0 Å². The Balaban J connectivity index is 2.13. The molecule has 0 radical (unpaired) electrons. The van der Waals surface area contributed by atoms with Gasteiger partial charge in [-0.2, -0.15) is 0 Å². The number of nitrogens with one attached hydrogen (secondary N) is 1. The molecule has 3 aromatic rings. The van der Waals surface area contributed by atoms with Gasteiger partial charge in [0.05, 0.1) is 11.0 Å². The summed E-state index contributed by atoms with van der Waals surface area (Å²) in [4.78, 5) is 10.5. The molecule has 2 heterocycles. The van der Waals surface area contributed by atoms with Gasteiger partial charge in [0.2, 0.25) is 0 Å². The van der Waals surface area contributed by atoms with Crippen molar-refractivity contribution in [2.24, 2.45) is 5.92 Å². The molecule has 0 aliphatic rings. The Kier molecular flexibility index (Phi) is 3.13. The molecule has 0 saturated carbocycles. The number of rotatable bonds is 4. The molecule has 108 valence electrons. The molecular weight excluding hydrogens is 272 g/mol. The molecule has 1 aromatic carbocycles. The number of hydrogen-bond acceptors (Lipinski definition) is 5. The van der Waals surface area contributed by atoms with Crippen molar-refractivity contribution in [3.8, 4) is 0 Å². The average molecular weight is 286 g/mol. The number of hydrogen-bond donors (Lipinski definition) is 1. The molecule has 1 atom stereocenters. The minimum atomic E-state index is -0.392. The van der Waals surface area contributed by atoms with Gasteiger partial charge in [-0.3, -0.25) is 10.1 Å². The first kappa shape index (κ1) is 13.2. The predicted octanol–water partition coefficient (Wildman–Crippen LogP) is 2.31. The molecule has 1 N–H and O–H groups in total. The molecule has 0 saturated heterocycles. The van der Waals surface area contributed by atoms with E-state index in [2.05, 4.69) is 34.5 Å². The van der Waals surface area contributed by atoms with Gasteiger partial charge in [-0.15, -0.1) is 5.10 Å². The van der Waals surface area contributed by atoms with E-state index in [-0.39, 0.29) is 17.6 Å². The van der Waals surface area contributed by atoms with Crippen LogP contribution < -0.4 is 0 Å².